The van der Waals surface area contributed by atoms with E-state index < -0.39 is 10.0 Å². The van der Waals surface area contributed by atoms with E-state index in [9.17, 15) is 8.42 Å². The lowest BCUT2D eigenvalue weighted by Gasteiger charge is -2.37. The Morgan fingerprint density at radius 1 is 1.48 bits per heavy atom. The zero-order valence-corrected chi connectivity index (χ0v) is 15.2. The summed E-state index contributed by atoms with van der Waals surface area (Å²) in [6.45, 7) is 5.99. The summed E-state index contributed by atoms with van der Waals surface area (Å²) in [6.07, 6.45) is 3.05. The molecule has 0 saturated carbocycles. The standard InChI is InChI=1S/C16H26N4O2S/c1-5-13-11-20(23(4,21)22)7-6-16(13)18-10-14-8-15(9-17)19(3)12(14)2/h8,13,16,18H,5-7,10-11H2,1-4H3. The molecule has 1 aliphatic heterocycles. The van der Waals surface area contributed by atoms with Crippen LogP contribution < -0.4 is 5.32 Å². The van der Waals surface area contributed by atoms with E-state index in [2.05, 4.69) is 18.3 Å². The van der Waals surface area contributed by atoms with Crippen molar-refractivity contribution in [1.29, 1.82) is 5.26 Å². The van der Waals surface area contributed by atoms with Crippen molar-refractivity contribution in [2.45, 2.75) is 39.3 Å². The highest BCUT2D eigenvalue weighted by Gasteiger charge is 2.31. The van der Waals surface area contributed by atoms with Gasteiger partial charge in [-0.25, -0.2) is 12.7 Å². The van der Waals surface area contributed by atoms with Crippen LogP contribution in [0.15, 0.2) is 6.07 Å². The van der Waals surface area contributed by atoms with Crippen molar-refractivity contribution in [3.05, 3.63) is 23.0 Å². The highest BCUT2D eigenvalue weighted by molar-refractivity contribution is 7.88. The predicted molar refractivity (Wildman–Crippen MR) is 90.3 cm³/mol. The molecule has 6 nitrogen and oxygen atoms in total. The summed E-state index contributed by atoms with van der Waals surface area (Å²) < 4.78 is 26.9. The maximum absolute atomic E-state index is 11.7. The van der Waals surface area contributed by atoms with Crippen molar-refractivity contribution in [1.82, 2.24) is 14.2 Å². The molecule has 1 fully saturated rings. The first kappa shape index (κ1) is 18.0. The Labute approximate surface area is 139 Å². The number of nitrogens with zero attached hydrogens (tertiary/aromatic N) is 3. The summed E-state index contributed by atoms with van der Waals surface area (Å²) in [5.74, 6) is 0.318. The number of aromatic nitrogens is 1. The Kier molecular flexibility index (Phi) is 5.50. The number of sulfonamides is 1. The molecule has 0 aromatic carbocycles. The fourth-order valence-corrected chi connectivity index (χ4v) is 4.17. The minimum Gasteiger partial charge on any atom is -0.340 e. The SMILES string of the molecule is CCC1CN(S(C)(=O)=O)CCC1NCc1cc(C#N)n(C)c1C. The summed E-state index contributed by atoms with van der Waals surface area (Å²) in [5.41, 5.74) is 2.89. The molecule has 1 aromatic rings. The fraction of sp³-hybridized carbons (Fsp3) is 0.688. The van der Waals surface area contributed by atoms with Crippen molar-refractivity contribution in [2.75, 3.05) is 19.3 Å². The molecule has 23 heavy (non-hydrogen) atoms. The third kappa shape index (κ3) is 3.94. The van der Waals surface area contributed by atoms with Crippen LogP contribution in [0.25, 0.3) is 0 Å². The third-order valence-corrected chi connectivity index (χ3v) is 6.27. The van der Waals surface area contributed by atoms with Crippen LogP contribution in [-0.4, -0.2) is 42.7 Å². The molecule has 0 spiro atoms. The number of rotatable bonds is 5. The number of piperidine rings is 1. The Hall–Kier alpha value is -1.36. The van der Waals surface area contributed by atoms with Crippen LogP contribution in [0.5, 0.6) is 0 Å². The minimum absolute atomic E-state index is 0.308. The quantitative estimate of drug-likeness (QED) is 0.879. The smallest absolute Gasteiger partial charge is 0.211 e. The van der Waals surface area contributed by atoms with Gasteiger partial charge < -0.3 is 9.88 Å². The molecule has 0 bridgehead atoms. The van der Waals surface area contributed by atoms with Gasteiger partial charge in [0.25, 0.3) is 0 Å². The average Bonchev–Trinajstić information content (AvgIpc) is 2.79. The Bertz CT molecular complexity index is 702. The molecule has 1 aliphatic rings. The van der Waals surface area contributed by atoms with Crippen LogP contribution in [0, 0.1) is 24.2 Å². The van der Waals surface area contributed by atoms with Gasteiger partial charge in [-0.15, -0.1) is 0 Å². The topological polar surface area (TPSA) is 78.1 Å². The lowest BCUT2D eigenvalue weighted by atomic mass is 9.91. The van der Waals surface area contributed by atoms with Gasteiger partial charge in [0.05, 0.1) is 6.26 Å². The average molecular weight is 338 g/mol. The molecule has 7 heteroatoms. The van der Waals surface area contributed by atoms with Crippen LogP contribution in [0.4, 0.5) is 0 Å². The molecule has 1 saturated heterocycles. The minimum atomic E-state index is -3.11. The summed E-state index contributed by atoms with van der Waals surface area (Å²) in [6, 6.07) is 4.43. The summed E-state index contributed by atoms with van der Waals surface area (Å²) >= 11 is 0. The van der Waals surface area contributed by atoms with E-state index in [-0.39, 0.29) is 0 Å². The molecule has 128 valence electrons. The first-order chi connectivity index (χ1) is 10.8. The molecular formula is C16H26N4O2S. The summed E-state index contributed by atoms with van der Waals surface area (Å²) in [7, 11) is -1.21. The molecule has 2 unspecified atom stereocenters. The van der Waals surface area contributed by atoms with Gasteiger partial charge in [0.15, 0.2) is 0 Å². The number of nitrogens with one attached hydrogen (secondary N) is 1. The number of hydrogen-bond acceptors (Lipinski definition) is 4. The van der Waals surface area contributed by atoms with E-state index in [0.717, 1.165) is 24.1 Å². The zero-order chi connectivity index (χ0) is 17.2. The lowest BCUT2D eigenvalue weighted by molar-refractivity contribution is 0.201. The molecule has 0 amide bonds. The van der Waals surface area contributed by atoms with Crippen molar-refractivity contribution in [3.8, 4) is 6.07 Å². The Balaban J connectivity index is 2.02. The number of nitriles is 1. The second-order valence-corrected chi connectivity index (χ2v) is 8.36. The molecule has 0 radical (unpaired) electrons. The van der Waals surface area contributed by atoms with Crippen molar-refractivity contribution in [3.63, 3.8) is 0 Å². The first-order valence-corrected chi connectivity index (χ1v) is 9.86. The van der Waals surface area contributed by atoms with Gasteiger partial charge in [-0.2, -0.15) is 5.26 Å². The second kappa shape index (κ2) is 7.04. The monoisotopic (exact) mass is 338 g/mol. The normalized spacial score (nSPS) is 22.9. The van der Waals surface area contributed by atoms with E-state index in [1.807, 2.05) is 24.6 Å². The maximum atomic E-state index is 11.7. The third-order valence-electron chi connectivity index (χ3n) is 5.00. The van der Waals surface area contributed by atoms with Crippen molar-refractivity contribution in [2.24, 2.45) is 13.0 Å². The van der Waals surface area contributed by atoms with E-state index in [0.29, 0.717) is 37.3 Å². The zero-order valence-electron chi connectivity index (χ0n) is 14.3. The van der Waals surface area contributed by atoms with E-state index in [1.54, 1.807) is 4.31 Å². The molecule has 2 rings (SSSR count). The summed E-state index contributed by atoms with van der Waals surface area (Å²) in [4.78, 5) is 0. The molecule has 0 aliphatic carbocycles. The Morgan fingerprint density at radius 2 is 2.17 bits per heavy atom. The van der Waals surface area contributed by atoms with E-state index in [4.69, 9.17) is 5.26 Å². The van der Waals surface area contributed by atoms with Gasteiger partial charge in [0, 0.05) is 38.4 Å². The number of hydrogen-bond donors (Lipinski definition) is 1. The second-order valence-electron chi connectivity index (χ2n) is 6.38. The van der Waals surface area contributed by atoms with Crippen LogP contribution in [0.3, 0.4) is 0 Å². The maximum Gasteiger partial charge on any atom is 0.211 e. The molecule has 1 N–H and O–H groups in total. The van der Waals surface area contributed by atoms with Crippen molar-refractivity contribution >= 4 is 10.0 Å². The highest BCUT2D eigenvalue weighted by atomic mass is 32.2. The van der Waals surface area contributed by atoms with Crippen LogP contribution in [0.1, 0.15) is 36.7 Å². The van der Waals surface area contributed by atoms with E-state index >= 15 is 0 Å². The highest BCUT2D eigenvalue weighted by Crippen LogP contribution is 2.23. The van der Waals surface area contributed by atoms with Gasteiger partial charge in [-0.1, -0.05) is 13.3 Å². The molecule has 2 heterocycles. The van der Waals surface area contributed by atoms with Crippen molar-refractivity contribution < 1.29 is 8.42 Å². The molecule has 1 aromatic heterocycles. The summed E-state index contributed by atoms with van der Waals surface area (Å²) in [5, 5.41) is 12.7. The van der Waals surface area contributed by atoms with Gasteiger partial charge in [0.1, 0.15) is 11.8 Å². The van der Waals surface area contributed by atoms with Crippen LogP contribution in [0.2, 0.25) is 0 Å². The van der Waals surface area contributed by atoms with Gasteiger partial charge in [-0.05, 0) is 30.9 Å². The first-order valence-electron chi connectivity index (χ1n) is 8.01. The van der Waals surface area contributed by atoms with Crippen LogP contribution >= 0.6 is 0 Å². The lowest BCUT2D eigenvalue weighted by Crippen LogP contribution is -2.50. The molecule has 2 atom stereocenters. The van der Waals surface area contributed by atoms with Gasteiger partial charge in [0.2, 0.25) is 10.0 Å². The predicted octanol–water partition coefficient (Wildman–Crippen LogP) is 1.35. The fourth-order valence-electron chi connectivity index (χ4n) is 3.27. The Morgan fingerprint density at radius 3 is 2.70 bits per heavy atom. The van der Waals surface area contributed by atoms with Gasteiger partial charge in [-0.3, -0.25) is 0 Å². The van der Waals surface area contributed by atoms with Gasteiger partial charge >= 0.3 is 0 Å². The molecular weight excluding hydrogens is 312 g/mol. The largest absolute Gasteiger partial charge is 0.340 e. The van der Waals surface area contributed by atoms with E-state index in [1.165, 1.54) is 6.26 Å². The van der Waals surface area contributed by atoms with Crippen LogP contribution in [-0.2, 0) is 23.6 Å².